The largest absolute Gasteiger partial charge is 0.486 e. The minimum absolute atomic E-state index is 0.268. The van der Waals surface area contributed by atoms with Gasteiger partial charge in [0.2, 0.25) is 0 Å². The lowest BCUT2D eigenvalue weighted by atomic mass is 10.1. The Morgan fingerprint density at radius 2 is 1.91 bits per heavy atom. The quantitative estimate of drug-likeness (QED) is 0.906. The first-order valence-corrected chi connectivity index (χ1v) is 7.44. The second-order valence-corrected chi connectivity index (χ2v) is 5.32. The fourth-order valence-corrected chi connectivity index (χ4v) is 2.57. The van der Waals surface area contributed by atoms with Crippen LogP contribution in [0, 0.1) is 0 Å². The minimum atomic E-state index is -0.317. The zero-order chi connectivity index (χ0) is 15.6. The van der Waals surface area contributed by atoms with Crippen molar-refractivity contribution in [3.63, 3.8) is 0 Å². The van der Waals surface area contributed by atoms with E-state index in [4.69, 9.17) is 14.2 Å². The van der Waals surface area contributed by atoms with Crippen LogP contribution in [-0.2, 0) is 17.8 Å². The molecular formula is C16H15N3O4. The number of nitrogens with one attached hydrogen (secondary N) is 1. The van der Waals surface area contributed by atoms with Crippen molar-refractivity contribution in [3.05, 3.63) is 41.2 Å². The lowest BCUT2D eigenvalue weighted by Crippen LogP contribution is -2.19. The van der Waals surface area contributed by atoms with E-state index < -0.39 is 0 Å². The van der Waals surface area contributed by atoms with Crippen LogP contribution in [0.2, 0.25) is 0 Å². The van der Waals surface area contributed by atoms with Crippen LogP contribution in [-0.4, -0.2) is 35.9 Å². The molecule has 23 heavy (non-hydrogen) atoms. The average molecular weight is 313 g/mol. The van der Waals surface area contributed by atoms with Crippen molar-refractivity contribution in [2.75, 3.05) is 25.1 Å². The van der Waals surface area contributed by atoms with Crippen LogP contribution < -0.4 is 14.8 Å². The predicted octanol–water partition coefficient (Wildman–Crippen LogP) is 1.57. The number of nitrogens with zero attached hydrogens (tertiary/aromatic N) is 2. The van der Waals surface area contributed by atoms with Crippen LogP contribution in [0.3, 0.4) is 0 Å². The number of aromatic nitrogens is 2. The van der Waals surface area contributed by atoms with Crippen molar-refractivity contribution in [3.8, 4) is 11.5 Å². The van der Waals surface area contributed by atoms with Crippen LogP contribution in [0.25, 0.3) is 0 Å². The topological polar surface area (TPSA) is 82.6 Å². The fourth-order valence-electron chi connectivity index (χ4n) is 2.57. The van der Waals surface area contributed by atoms with Gasteiger partial charge in [-0.15, -0.1) is 5.10 Å². The average Bonchev–Trinajstić information content (AvgIpc) is 2.61. The van der Waals surface area contributed by atoms with Gasteiger partial charge in [-0.1, -0.05) is 0 Å². The fraction of sp³-hybridized carbons (Fsp3) is 0.312. The first-order valence-electron chi connectivity index (χ1n) is 7.44. The maximum Gasteiger partial charge on any atom is 0.276 e. The van der Waals surface area contributed by atoms with Crippen molar-refractivity contribution in [1.82, 2.24) is 10.2 Å². The van der Waals surface area contributed by atoms with Gasteiger partial charge in [-0.3, -0.25) is 4.79 Å². The number of anilines is 1. The molecule has 118 valence electrons. The molecule has 2 aliphatic rings. The molecule has 2 aromatic rings. The van der Waals surface area contributed by atoms with E-state index in [1.54, 1.807) is 24.3 Å². The molecule has 0 unspecified atom stereocenters. The van der Waals surface area contributed by atoms with Gasteiger partial charge in [0, 0.05) is 23.7 Å². The van der Waals surface area contributed by atoms with Gasteiger partial charge in [-0.2, -0.15) is 5.10 Å². The molecule has 1 N–H and O–H groups in total. The highest BCUT2D eigenvalue weighted by atomic mass is 16.6. The van der Waals surface area contributed by atoms with E-state index >= 15 is 0 Å². The first kappa shape index (κ1) is 14.0. The number of hydrogen-bond donors (Lipinski definition) is 1. The number of hydrogen-bond acceptors (Lipinski definition) is 6. The van der Waals surface area contributed by atoms with E-state index in [-0.39, 0.29) is 11.6 Å². The zero-order valence-electron chi connectivity index (χ0n) is 12.4. The standard InChI is InChI=1S/C16H15N3O4/c20-16(13-7-10-9-21-4-3-12(10)18-19-13)17-11-1-2-14-15(8-11)23-6-5-22-14/h1-2,7-8H,3-6,9H2,(H,17,20). The predicted molar refractivity (Wildman–Crippen MR) is 80.8 cm³/mol. The number of ether oxygens (including phenoxy) is 3. The Morgan fingerprint density at radius 3 is 2.83 bits per heavy atom. The Balaban J connectivity index is 1.53. The molecule has 2 aliphatic heterocycles. The maximum absolute atomic E-state index is 12.3. The molecule has 4 rings (SSSR count). The monoisotopic (exact) mass is 313 g/mol. The van der Waals surface area contributed by atoms with Gasteiger partial charge in [0.25, 0.3) is 5.91 Å². The van der Waals surface area contributed by atoms with Gasteiger partial charge in [0.15, 0.2) is 17.2 Å². The van der Waals surface area contributed by atoms with Gasteiger partial charge < -0.3 is 19.5 Å². The SMILES string of the molecule is O=C(Nc1ccc2c(c1)OCCO2)c1cc2c(nn1)CCOC2. The van der Waals surface area contributed by atoms with Gasteiger partial charge in [-0.05, 0) is 18.2 Å². The molecule has 0 bridgehead atoms. The lowest BCUT2D eigenvalue weighted by molar-refractivity contribution is 0.101. The zero-order valence-corrected chi connectivity index (χ0v) is 12.4. The Morgan fingerprint density at radius 1 is 1.04 bits per heavy atom. The summed E-state index contributed by atoms with van der Waals surface area (Å²) < 4.78 is 16.3. The summed E-state index contributed by atoms with van der Waals surface area (Å²) in [5.74, 6) is 0.987. The van der Waals surface area contributed by atoms with Crippen molar-refractivity contribution >= 4 is 11.6 Å². The summed E-state index contributed by atoms with van der Waals surface area (Å²) >= 11 is 0. The molecule has 0 saturated heterocycles. The van der Waals surface area contributed by atoms with Crippen LogP contribution >= 0.6 is 0 Å². The molecule has 1 amide bonds. The molecule has 7 nitrogen and oxygen atoms in total. The molecule has 0 radical (unpaired) electrons. The second kappa shape index (κ2) is 5.85. The number of rotatable bonds is 2. The summed E-state index contributed by atoms with van der Waals surface area (Å²) in [4.78, 5) is 12.3. The summed E-state index contributed by atoms with van der Waals surface area (Å²) in [6, 6.07) is 7.01. The summed E-state index contributed by atoms with van der Waals surface area (Å²) in [5.41, 5.74) is 2.70. The Kier molecular flexibility index (Phi) is 3.55. The molecule has 1 aromatic heterocycles. The molecule has 0 aliphatic carbocycles. The smallest absolute Gasteiger partial charge is 0.276 e. The van der Waals surface area contributed by atoms with Crippen molar-refractivity contribution in [2.45, 2.75) is 13.0 Å². The Hall–Kier alpha value is -2.67. The second-order valence-electron chi connectivity index (χ2n) is 5.32. The molecule has 0 fully saturated rings. The van der Waals surface area contributed by atoms with E-state index in [2.05, 4.69) is 15.5 Å². The van der Waals surface area contributed by atoms with Gasteiger partial charge in [-0.25, -0.2) is 0 Å². The van der Waals surface area contributed by atoms with E-state index in [9.17, 15) is 4.79 Å². The molecule has 0 saturated carbocycles. The number of benzene rings is 1. The van der Waals surface area contributed by atoms with E-state index in [0.29, 0.717) is 43.6 Å². The number of carbonyl (C=O) groups is 1. The number of carbonyl (C=O) groups excluding carboxylic acids is 1. The van der Waals surface area contributed by atoms with E-state index in [0.717, 1.165) is 17.7 Å². The molecule has 1 aromatic carbocycles. The molecule has 3 heterocycles. The van der Waals surface area contributed by atoms with Crippen LogP contribution in [0.15, 0.2) is 24.3 Å². The maximum atomic E-state index is 12.3. The highest BCUT2D eigenvalue weighted by Gasteiger charge is 2.17. The third kappa shape index (κ3) is 2.83. The van der Waals surface area contributed by atoms with Crippen LogP contribution in [0.4, 0.5) is 5.69 Å². The number of amides is 1. The van der Waals surface area contributed by atoms with Crippen molar-refractivity contribution in [2.24, 2.45) is 0 Å². The number of fused-ring (bicyclic) bond motifs is 2. The summed E-state index contributed by atoms with van der Waals surface area (Å²) in [7, 11) is 0. The normalized spacial score (nSPS) is 15.7. The highest BCUT2D eigenvalue weighted by molar-refractivity contribution is 6.03. The van der Waals surface area contributed by atoms with Gasteiger partial charge >= 0.3 is 0 Å². The van der Waals surface area contributed by atoms with Crippen molar-refractivity contribution in [1.29, 1.82) is 0 Å². The first-order chi connectivity index (χ1) is 11.3. The summed E-state index contributed by atoms with van der Waals surface area (Å²) in [6.07, 6.45) is 0.729. The Bertz CT molecular complexity index is 763. The summed E-state index contributed by atoms with van der Waals surface area (Å²) in [6.45, 7) is 2.14. The minimum Gasteiger partial charge on any atom is -0.486 e. The van der Waals surface area contributed by atoms with Crippen LogP contribution in [0.1, 0.15) is 21.7 Å². The van der Waals surface area contributed by atoms with Gasteiger partial charge in [0.05, 0.1) is 18.9 Å². The summed E-state index contributed by atoms with van der Waals surface area (Å²) in [5, 5.41) is 10.9. The molecule has 0 spiro atoms. The Labute approximate surface area is 132 Å². The molecule has 0 atom stereocenters. The van der Waals surface area contributed by atoms with Gasteiger partial charge in [0.1, 0.15) is 13.2 Å². The van der Waals surface area contributed by atoms with E-state index in [1.165, 1.54) is 0 Å². The van der Waals surface area contributed by atoms with Crippen LogP contribution in [0.5, 0.6) is 11.5 Å². The lowest BCUT2D eigenvalue weighted by Gasteiger charge is -2.19. The third-order valence-electron chi connectivity index (χ3n) is 3.73. The molecular weight excluding hydrogens is 298 g/mol. The highest BCUT2D eigenvalue weighted by Crippen LogP contribution is 2.32. The van der Waals surface area contributed by atoms with E-state index in [1.807, 2.05) is 0 Å². The third-order valence-corrected chi connectivity index (χ3v) is 3.73. The molecule has 7 heteroatoms. The van der Waals surface area contributed by atoms with Crippen molar-refractivity contribution < 1.29 is 19.0 Å².